The van der Waals surface area contributed by atoms with Crippen LogP contribution in [0.15, 0.2) is 36.5 Å². The van der Waals surface area contributed by atoms with Gasteiger partial charge in [0.05, 0.1) is 24.6 Å². The number of carboxylic acid groups (broad SMARTS) is 1. The maximum atomic E-state index is 15.7. The second kappa shape index (κ2) is 12.2. The predicted molar refractivity (Wildman–Crippen MR) is 135 cm³/mol. The predicted octanol–water partition coefficient (Wildman–Crippen LogP) is 5.19. The van der Waals surface area contributed by atoms with Gasteiger partial charge in [0.15, 0.2) is 17.5 Å². The summed E-state index contributed by atoms with van der Waals surface area (Å²) in [6.45, 7) is 0.854. The van der Waals surface area contributed by atoms with Crippen molar-refractivity contribution in [2.24, 2.45) is 5.41 Å². The minimum atomic E-state index is -1.57. The van der Waals surface area contributed by atoms with Crippen molar-refractivity contribution in [1.29, 1.82) is 0 Å². The Bertz CT molecular complexity index is 1300. The molecule has 3 aromatic rings. The van der Waals surface area contributed by atoms with Gasteiger partial charge in [0.2, 0.25) is 0 Å². The topological polar surface area (TPSA) is 92.1 Å². The average molecular weight is 551 g/mol. The number of fused-ring (bicyclic) bond motifs is 1. The van der Waals surface area contributed by atoms with E-state index in [1.807, 2.05) is 4.90 Å². The van der Waals surface area contributed by atoms with Crippen LogP contribution < -0.4 is 9.47 Å². The highest BCUT2D eigenvalue weighted by molar-refractivity contribution is 5.85. The van der Waals surface area contributed by atoms with Gasteiger partial charge in [0.1, 0.15) is 24.3 Å². The van der Waals surface area contributed by atoms with Gasteiger partial charge in [-0.3, -0.25) is 14.7 Å². The highest BCUT2D eigenvalue weighted by Gasteiger charge is 2.41. The maximum Gasteiger partial charge on any atom is 0.309 e. The Labute approximate surface area is 223 Å². The fraction of sp³-hybridized carbons (Fsp3) is 0.429. The lowest BCUT2D eigenvalue weighted by molar-refractivity contribution is -0.153. The normalized spacial score (nSPS) is 16.3. The van der Waals surface area contributed by atoms with E-state index in [4.69, 9.17) is 9.47 Å². The van der Waals surface area contributed by atoms with Gasteiger partial charge < -0.3 is 19.7 Å². The lowest BCUT2D eigenvalue weighted by Gasteiger charge is -2.39. The molecule has 1 saturated heterocycles. The number of halogens is 4. The lowest BCUT2D eigenvalue weighted by Crippen LogP contribution is -2.45. The Morgan fingerprint density at radius 3 is 2.44 bits per heavy atom. The summed E-state index contributed by atoms with van der Waals surface area (Å²) in [6.07, 6.45) is 0.517. The fourth-order valence-corrected chi connectivity index (χ4v) is 5.09. The number of alkyl halides is 1. The number of ether oxygens (including phenoxy) is 2. The van der Waals surface area contributed by atoms with Crippen LogP contribution in [0.3, 0.4) is 0 Å². The zero-order valence-corrected chi connectivity index (χ0v) is 21.4. The molecule has 2 N–H and O–H groups in total. The van der Waals surface area contributed by atoms with Gasteiger partial charge in [-0.15, -0.1) is 0 Å². The molecular weight excluding hydrogens is 520 g/mol. The van der Waals surface area contributed by atoms with Crippen molar-refractivity contribution < 1.29 is 42.0 Å². The number of aliphatic hydroxyl groups excluding tert-OH is 1. The number of carbonyl (C=O) groups is 1. The number of hydrogen-bond acceptors (Lipinski definition) is 6. The first-order valence-corrected chi connectivity index (χ1v) is 12.6. The molecule has 2 heterocycles. The molecule has 1 aromatic heterocycles. The zero-order valence-electron chi connectivity index (χ0n) is 21.4. The molecule has 210 valence electrons. The summed E-state index contributed by atoms with van der Waals surface area (Å²) in [7, 11) is 1.49. The Balaban J connectivity index is 1.38. The quantitative estimate of drug-likeness (QED) is 0.251. The molecule has 0 bridgehead atoms. The molecular formula is C28H30F4N2O5. The summed E-state index contributed by atoms with van der Waals surface area (Å²) in [5, 5.41) is 20.4. The van der Waals surface area contributed by atoms with Crippen LogP contribution in [-0.2, 0) is 11.4 Å². The van der Waals surface area contributed by atoms with Gasteiger partial charge >= 0.3 is 5.97 Å². The van der Waals surface area contributed by atoms with Crippen molar-refractivity contribution in [2.45, 2.75) is 38.5 Å². The number of aliphatic hydroxyl groups is 1. The standard InChI is InChI=1S/C28H30F4N2O5/c1-38-18-2-3-24-20(12-18)25(17(16-35)15-33-24)21(29)4-5-28(27(36)37)6-8-34(9-7-28)10-11-39-19-13-22(30)26(32)23(31)14-19/h2-3,12-15,21,35H,4-11,16H2,1H3,(H,36,37)/t21-/m1/s1. The number of aliphatic carboxylic acids is 1. The van der Waals surface area contributed by atoms with Crippen molar-refractivity contribution in [3.63, 3.8) is 0 Å². The molecule has 0 unspecified atom stereocenters. The summed E-state index contributed by atoms with van der Waals surface area (Å²) >= 11 is 0. The van der Waals surface area contributed by atoms with Gasteiger partial charge in [-0.25, -0.2) is 17.6 Å². The average Bonchev–Trinajstić information content (AvgIpc) is 2.94. The van der Waals surface area contributed by atoms with E-state index in [1.54, 1.807) is 18.2 Å². The molecule has 7 nitrogen and oxygen atoms in total. The molecule has 11 heteroatoms. The number of likely N-dealkylation sites (tertiary alicyclic amines) is 1. The van der Waals surface area contributed by atoms with Gasteiger partial charge in [-0.1, -0.05) is 0 Å². The Hall–Kier alpha value is -3.44. The monoisotopic (exact) mass is 550 g/mol. The SMILES string of the molecule is COc1ccc2ncc(CO)c([C@H](F)CCC3(C(=O)O)CCN(CCOc4cc(F)c(F)c(F)c4)CC3)c2c1. The number of hydrogen-bond donors (Lipinski definition) is 2. The van der Waals surface area contributed by atoms with Crippen molar-refractivity contribution in [3.05, 3.63) is 65.1 Å². The van der Waals surface area contributed by atoms with Crippen LogP contribution in [0.5, 0.6) is 11.5 Å². The number of nitrogens with zero attached hydrogens (tertiary/aromatic N) is 2. The van der Waals surface area contributed by atoms with Crippen molar-refractivity contribution >= 4 is 16.9 Å². The summed E-state index contributed by atoms with van der Waals surface area (Å²) in [5.74, 6) is -4.87. The van der Waals surface area contributed by atoms with Crippen molar-refractivity contribution in [2.75, 3.05) is 33.4 Å². The Kier molecular flexibility index (Phi) is 8.91. The van der Waals surface area contributed by atoms with Gasteiger partial charge in [0, 0.05) is 41.4 Å². The van der Waals surface area contributed by atoms with Crippen LogP contribution in [-0.4, -0.2) is 59.4 Å². The lowest BCUT2D eigenvalue weighted by atomic mass is 9.74. The molecule has 1 fully saturated rings. The summed E-state index contributed by atoms with van der Waals surface area (Å²) < 4.78 is 66.2. The van der Waals surface area contributed by atoms with Crippen molar-refractivity contribution in [1.82, 2.24) is 9.88 Å². The second-order valence-corrected chi connectivity index (χ2v) is 9.72. The minimum absolute atomic E-state index is 0.0551. The third-order valence-electron chi connectivity index (χ3n) is 7.46. The van der Waals surface area contributed by atoms with Crippen LogP contribution >= 0.6 is 0 Å². The van der Waals surface area contributed by atoms with Gasteiger partial charge in [-0.2, -0.15) is 0 Å². The van der Waals surface area contributed by atoms with Crippen molar-refractivity contribution in [3.8, 4) is 11.5 Å². The summed E-state index contributed by atoms with van der Waals surface area (Å²) in [5.41, 5.74) is 0.0407. The smallest absolute Gasteiger partial charge is 0.309 e. The zero-order chi connectivity index (χ0) is 28.2. The highest BCUT2D eigenvalue weighted by atomic mass is 19.2. The summed E-state index contributed by atoms with van der Waals surface area (Å²) in [6, 6.07) is 6.60. The molecule has 0 radical (unpaired) electrons. The molecule has 2 aromatic carbocycles. The molecule has 1 aliphatic heterocycles. The minimum Gasteiger partial charge on any atom is -0.497 e. The van der Waals surface area contributed by atoms with E-state index in [1.165, 1.54) is 13.3 Å². The van der Waals surface area contributed by atoms with Gasteiger partial charge in [0.25, 0.3) is 0 Å². The molecule has 1 atom stereocenters. The number of benzene rings is 2. The van der Waals surface area contributed by atoms with E-state index in [0.29, 0.717) is 41.9 Å². The number of rotatable bonds is 11. The number of carboxylic acids is 1. The van der Waals surface area contributed by atoms with Crippen LogP contribution in [0.25, 0.3) is 10.9 Å². The number of pyridine rings is 1. The third kappa shape index (κ3) is 6.25. The third-order valence-corrected chi connectivity index (χ3v) is 7.46. The van der Waals surface area contributed by atoms with E-state index in [2.05, 4.69) is 4.98 Å². The van der Waals surface area contributed by atoms with Crippen LogP contribution in [0.1, 0.15) is 43.0 Å². The number of piperidine rings is 1. The summed E-state index contributed by atoms with van der Waals surface area (Å²) in [4.78, 5) is 18.5. The highest BCUT2D eigenvalue weighted by Crippen LogP contribution is 2.41. The van der Waals surface area contributed by atoms with E-state index >= 15 is 4.39 Å². The Morgan fingerprint density at radius 2 is 1.82 bits per heavy atom. The van der Waals surface area contributed by atoms with Crippen LogP contribution in [0.2, 0.25) is 0 Å². The number of methoxy groups -OCH3 is 1. The maximum absolute atomic E-state index is 15.7. The first-order chi connectivity index (χ1) is 18.7. The Morgan fingerprint density at radius 1 is 1.13 bits per heavy atom. The fourth-order valence-electron chi connectivity index (χ4n) is 5.09. The van der Waals surface area contributed by atoms with E-state index < -0.39 is 41.6 Å². The first-order valence-electron chi connectivity index (χ1n) is 12.6. The van der Waals surface area contributed by atoms with E-state index in [-0.39, 0.29) is 43.6 Å². The van der Waals surface area contributed by atoms with Crippen LogP contribution in [0, 0.1) is 22.9 Å². The van der Waals surface area contributed by atoms with Gasteiger partial charge in [-0.05, 0) is 57.0 Å². The first kappa shape index (κ1) is 28.6. The molecule has 39 heavy (non-hydrogen) atoms. The molecule has 0 saturated carbocycles. The second-order valence-electron chi connectivity index (χ2n) is 9.72. The molecule has 0 amide bonds. The van der Waals surface area contributed by atoms with E-state index in [9.17, 15) is 28.2 Å². The molecule has 0 aliphatic carbocycles. The molecule has 1 aliphatic rings. The molecule has 4 rings (SSSR count). The molecule has 0 spiro atoms. The van der Waals surface area contributed by atoms with E-state index in [0.717, 1.165) is 12.1 Å². The number of aromatic nitrogens is 1. The largest absolute Gasteiger partial charge is 0.497 e. The van der Waals surface area contributed by atoms with Crippen LogP contribution in [0.4, 0.5) is 17.6 Å².